The highest BCUT2D eigenvalue weighted by atomic mass is 32.2. The molecule has 1 amide bonds. The normalized spacial score (nSPS) is 11.9. The van der Waals surface area contributed by atoms with E-state index in [1.807, 2.05) is 61.5 Å². The van der Waals surface area contributed by atoms with Gasteiger partial charge in [-0.05, 0) is 38.0 Å². The molecule has 1 N–H and O–H groups in total. The van der Waals surface area contributed by atoms with Crippen molar-refractivity contribution in [1.29, 1.82) is 0 Å². The van der Waals surface area contributed by atoms with E-state index in [2.05, 4.69) is 10.3 Å². The Morgan fingerprint density at radius 3 is 2.50 bits per heavy atom. The first-order chi connectivity index (χ1) is 13.5. The summed E-state index contributed by atoms with van der Waals surface area (Å²) < 4.78 is 18.1. The Morgan fingerprint density at radius 1 is 1.07 bits per heavy atom. The average Bonchev–Trinajstić information content (AvgIpc) is 3.03. The van der Waals surface area contributed by atoms with Crippen LogP contribution in [-0.4, -0.2) is 27.4 Å². The highest BCUT2D eigenvalue weighted by Crippen LogP contribution is 2.22. The standard InChI is InChI=1S/C22H24N2O3S/c1-16-8-10-19(11-9-16)22-24-20(17(2)27-22)14-28(26)15-21(25)23-13-12-18-6-4-3-5-7-18/h3-11H,12-15H2,1-2H3,(H,23,25)/t28-/m0/s1. The summed E-state index contributed by atoms with van der Waals surface area (Å²) >= 11 is 0. The topological polar surface area (TPSA) is 72.2 Å². The number of aryl methyl sites for hydroxylation is 2. The zero-order chi connectivity index (χ0) is 19.9. The van der Waals surface area contributed by atoms with Gasteiger partial charge in [-0.3, -0.25) is 9.00 Å². The Kier molecular flexibility index (Phi) is 6.76. The third-order valence-electron chi connectivity index (χ3n) is 4.36. The zero-order valence-electron chi connectivity index (χ0n) is 16.1. The molecule has 0 radical (unpaired) electrons. The molecule has 0 bridgehead atoms. The molecule has 3 aromatic rings. The number of nitrogens with zero attached hydrogens (tertiary/aromatic N) is 1. The van der Waals surface area contributed by atoms with Gasteiger partial charge in [-0.25, -0.2) is 4.98 Å². The van der Waals surface area contributed by atoms with E-state index >= 15 is 0 Å². The van der Waals surface area contributed by atoms with Gasteiger partial charge in [-0.15, -0.1) is 0 Å². The van der Waals surface area contributed by atoms with Crippen molar-refractivity contribution in [2.45, 2.75) is 26.0 Å². The maximum absolute atomic E-state index is 12.4. The number of rotatable bonds is 8. The van der Waals surface area contributed by atoms with Gasteiger partial charge in [0.15, 0.2) is 0 Å². The van der Waals surface area contributed by atoms with Gasteiger partial charge >= 0.3 is 0 Å². The summed E-state index contributed by atoms with van der Waals surface area (Å²) in [7, 11) is -1.34. The smallest absolute Gasteiger partial charge is 0.232 e. The SMILES string of the molecule is Cc1ccc(-c2nc(C[S@](=O)CC(=O)NCCc3ccccc3)c(C)o2)cc1. The molecular weight excluding hydrogens is 372 g/mol. The third-order valence-corrected chi connectivity index (χ3v) is 5.54. The van der Waals surface area contributed by atoms with Crippen LogP contribution >= 0.6 is 0 Å². The van der Waals surface area contributed by atoms with Crippen molar-refractivity contribution < 1.29 is 13.4 Å². The lowest BCUT2D eigenvalue weighted by molar-refractivity contribution is -0.118. The van der Waals surface area contributed by atoms with Crippen LogP contribution < -0.4 is 5.32 Å². The van der Waals surface area contributed by atoms with Crippen LogP contribution in [0.15, 0.2) is 59.0 Å². The van der Waals surface area contributed by atoms with Gasteiger partial charge in [-0.1, -0.05) is 48.0 Å². The summed E-state index contributed by atoms with van der Waals surface area (Å²) in [6.07, 6.45) is 0.752. The van der Waals surface area contributed by atoms with Crippen molar-refractivity contribution in [3.05, 3.63) is 77.2 Å². The van der Waals surface area contributed by atoms with Gasteiger partial charge < -0.3 is 9.73 Å². The monoisotopic (exact) mass is 396 g/mol. The lowest BCUT2D eigenvalue weighted by Crippen LogP contribution is -2.30. The van der Waals surface area contributed by atoms with Crippen molar-refractivity contribution in [1.82, 2.24) is 10.3 Å². The maximum Gasteiger partial charge on any atom is 0.232 e. The Morgan fingerprint density at radius 2 is 1.79 bits per heavy atom. The Hall–Kier alpha value is -2.73. The van der Waals surface area contributed by atoms with Crippen LogP contribution in [0.2, 0.25) is 0 Å². The molecule has 28 heavy (non-hydrogen) atoms. The molecule has 0 spiro atoms. The van der Waals surface area contributed by atoms with Crippen LogP contribution in [0.5, 0.6) is 0 Å². The second kappa shape index (κ2) is 9.46. The van der Waals surface area contributed by atoms with Crippen molar-refractivity contribution in [3.63, 3.8) is 0 Å². The molecular formula is C22H24N2O3S. The first-order valence-corrected chi connectivity index (χ1v) is 10.7. The van der Waals surface area contributed by atoms with Crippen molar-refractivity contribution in [3.8, 4) is 11.5 Å². The predicted octanol–water partition coefficient (Wildman–Crippen LogP) is 3.57. The highest BCUT2D eigenvalue weighted by molar-refractivity contribution is 7.84. The van der Waals surface area contributed by atoms with Gasteiger partial charge in [0.1, 0.15) is 11.5 Å². The molecule has 0 saturated carbocycles. The Balaban J connectivity index is 1.50. The van der Waals surface area contributed by atoms with Crippen LogP contribution in [0.25, 0.3) is 11.5 Å². The number of carbonyl (C=O) groups excluding carboxylic acids is 1. The molecule has 0 fully saturated rings. The highest BCUT2D eigenvalue weighted by Gasteiger charge is 2.16. The molecule has 3 rings (SSSR count). The van der Waals surface area contributed by atoms with Crippen LogP contribution in [0.4, 0.5) is 0 Å². The summed E-state index contributed by atoms with van der Waals surface area (Å²) in [5.74, 6) is 1.09. The van der Waals surface area contributed by atoms with Gasteiger partial charge in [-0.2, -0.15) is 0 Å². The second-order valence-corrected chi connectivity index (χ2v) is 8.16. The first kappa shape index (κ1) is 20.0. The molecule has 1 heterocycles. The molecule has 0 saturated heterocycles. The van der Waals surface area contributed by atoms with Crippen LogP contribution in [0.3, 0.4) is 0 Å². The van der Waals surface area contributed by atoms with Crippen LogP contribution in [0, 0.1) is 13.8 Å². The van der Waals surface area contributed by atoms with E-state index in [4.69, 9.17) is 4.42 Å². The Labute approximate surface area is 167 Å². The number of hydrogen-bond donors (Lipinski definition) is 1. The molecule has 1 atom stereocenters. The summed E-state index contributed by atoms with van der Waals surface area (Å²) in [4.78, 5) is 16.5. The zero-order valence-corrected chi connectivity index (χ0v) is 16.9. The molecule has 0 aliphatic rings. The van der Waals surface area contributed by atoms with E-state index < -0.39 is 10.8 Å². The van der Waals surface area contributed by atoms with Gasteiger partial charge in [0.05, 0.1) is 11.4 Å². The molecule has 146 valence electrons. The van der Waals surface area contributed by atoms with Crippen LogP contribution in [-0.2, 0) is 27.8 Å². The molecule has 2 aromatic carbocycles. The van der Waals surface area contributed by atoms with E-state index in [1.54, 1.807) is 6.92 Å². The first-order valence-electron chi connectivity index (χ1n) is 9.20. The molecule has 5 nitrogen and oxygen atoms in total. The van der Waals surface area contributed by atoms with E-state index in [1.165, 1.54) is 0 Å². The van der Waals surface area contributed by atoms with Gasteiger partial charge in [0, 0.05) is 22.9 Å². The number of amides is 1. The minimum atomic E-state index is -1.34. The van der Waals surface area contributed by atoms with E-state index in [9.17, 15) is 9.00 Å². The molecule has 0 aliphatic heterocycles. The van der Waals surface area contributed by atoms with Gasteiger partial charge in [0.25, 0.3) is 0 Å². The molecule has 0 unspecified atom stereocenters. The van der Waals surface area contributed by atoms with E-state index in [-0.39, 0.29) is 17.4 Å². The van der Waals surface area contributed by atoms with Crippen molar-refractivity contribution >= 4 is 16.7 Å². The largest absolute Gasteiger partial charge is 0.441 e. The fourth-order valence-corrected chi connectivity index (χ4v) is 3.84. The summed E-state index contributed by atoms with van der Waals surface area (Å²) in [5, 5.41) is 2.82. The minimum absolute atomic E-state index is 0.0407. The Bertz CT molecular complexity index is 950. The number of aromatic nitrogens is 1. The fraction of sp³-hybridized carbons (Fsp3) is 0.273. The summed E-state index contributed by atoms with van der Waals surface area (Å²) in [5.41, 5.74) is 3.83. The average molecular weight is 397 g/mol. The number of carbonyl (C=O) groups is 1. The quantitative estimate of drug-likeness (QED) is 0.632. The second-order valence-electron chi connectivity index (χ2n) is 6.70. The number of oxazole rings is 1. The third kappa shape index (κ3) is 5.63. The van der Waals surface area contributed by atoms with Crippen LogP contribution in [0.1, 0.15) is 22.6 Å². The fourth-order valence-electron chi connectivity index (χ4n) is 2.77. The number of hydrogen-bond acceptors (Lipinski definition) is 4. The lowest BCUT2D eigenvalue weighted by atomic mass is 10.1. The minimum Gasteiger partial charge on any atom is -0.441 e. The lowest BCUT2D eigenvalue weighted by Gasteiger charge is -2.05. The summed E-state index contributed by atoms with van der Waals surface area (Å²) in [6.45, 7) is 4.35. The summed E-state index contributed by atoms with van der Waals surface area (Å²) in [6, 6.07) is 17.8. The molecule has 0 aliphatic carbocycles. The molecule has 1 aromatic heterocycles. The van der Waals surface area contributed by atoms with Crippen molar-refractivity contribution in [2.24, 2.45) is 0 Å². The van der Waals surface area contributed by atoms with Gasteiger partial charge in [0.2, 0.25) is 11.8 Å². The predicted molar refractivity (Wildman–Crippen MR) is 111 cm³/mol. The number of benzene rings is 2. The maximum atomic E-state index is 12.4. The van der Waals surface area contributed by atoms with E-state index in [0.29, 0.717) is 23.9 Å². The molecule has 6 heteroatoms. The van der Waals surface area contributed by atoms with Crippen molar-refractivity contribution in [2.75, 3.05) is 12.3 Å². The number of nitrogens with one attached hydrogen (secondary N) is 1. The van der Waals surface area contributed by atoms with E-state index in [0.717, 1.165) is 23.1 Å².